The van der Waals surface area contributed by atoms with E-state index in [0.29, 0.717) is 12.1 Å². The number of nitrogens with zero attached hydrogens (tertiary/aromatic N) is 1. The highest BCUT2D eigenvalue weighted by Gasteiger charge is 2.20. The van der Waals surface area contributed by atoms with E-state index in [0.717, 1.165) is 12.1 Å². The van der Waals surface area contributed by atoms with Crippen LogP contribution in [0.2, 0.25) is 0 Å². The van der Waals surface area contributed by atoms with Gasteiger partial charge in [-0.05, 0) is 18.1 Å². The number of hydrogen-bond donors (Lipinski definition) is 2. The Balaban J connectivity index is 1.99. The minimum absolute atomic E-state index is 0.372. The van der Waals surface area contributed by atoms with Gasteiger partial charge in [0.05, 0.1) is 11.3 Å². The molecule has 0 atom stereocenters. The van der Waals surface area contributed by atoms with E-state index in [-0.39, 0.29) is 5.91 Å². The highest BCUT2D eigenvalue weighted by Crippen LogP contribution is 2.30. The molecule has 0 saturated carbocycles. The zero-order valence-electron chi connectivity index (χ0n) is 9.31. The van der Waals surface area contributed by atoms with Gasteiger partial charge in [-0.2, -0.15) is 0 Å². The van der Waals surface area contributed by atoms with Crippen molar-refractivity contribution < 1.29 is 4.79 Å². The van der Waals surface area contributed by atoms with Gasteiger partial charge in [-0.1, -0.05) is 24.3 Å². The summed E-state index contributed by atoms with van der Waals surface area (Å²) >= 11 is 0. The van der Waals surface area contributed by atoms with Crippen LogP contribution in [0.3, 0.4) is 0 Å². The predicted octanol–water partition coefficient (Wildman–Crippen LogP) is 0.950. The van der Waals surface area contributed by atoms with Crippen molar-refractivity contribution in [2.45, 2.75) is 6.42 Å². The molecule has 1 aliphatic carbocycles. The third-order valence-electron chi connectivity index (χ3n) is 3.10. The lowest BCUT2D eigenvalue weighted by molar-refractivity contribution is -0.114. The van der Waals surface area contributed by atoms with Crippen LogP contribution >= 0.6 is 0 Å². The van der Waals surface area contributed by atoms with Gasteiger partial charge in [0.1, 0.15) is 0 Å². The number of carbonyl (C=O) groups excluding carboxylic acids is 1. The highest BCUT2D eigenvalue weighted by atomic mass is 16.1. The number of rotatable bonds is 2. The minimum atomic E-state index is -0.372. The lowest BCUT2D eigenvalue weighted by Gasteiger charge is -2.18. The number of allylic oxidation sites excluding steroid dienone is 1. The van der Waals surface area contributed by atoms with Crippen LogP contribution < -0.4 is 16.2 Å². The lowest BCUT2D eigenvalue weighted by Crippen LogP contribution is -2.29. The summed E-state index contributed by atoms with van der Waals surface area (Å²) in [6.07, 6.45) is 7.00. The fourth-order valence-corrected chi connectivity index (χ4v) is 2.21. The second-order valence-corrected chi connectivity index (χ2v) is 4.18. The summed E-state index contributed by atoms with van der Waals surface area (Å²) in [6, 6.07) is 6.18. The molecular weight excluding hydrogens is 214 g/mol. The third-order valence-corrected chi connectivity index (χ3v) is 3.10. The molecule has 0 unspecified atom stereocenters. The molecule has 1 aliphatic heterocycles. The molecule has 0 spiro atoms. The summed E-state index contributed by atoms with van der Waals surface area (Å²) in [7, 11) is 0. The number of primary amides is 1. The van der Waals surface area contributed by atoms with Crippen molar-refractivity contribution in [2.24, 2.45) is 5.73 Å². The fourth-order valence-electron chi connectivity index (χ4n) is 2.21. The first kappa shape index (κ1) is 10.1. The number of anilines is 1. The monoisotopic (exact) mass is 227 g/mol. The summed E-state index contributed by atoms with van der Waals surface area (Å²) in [6.45, 7) is 0.489. The molecule has 0 aromatic heterocycles. The molecule has 0 saturated heterocycles. The van der Waals surface area contributed by atoms with Crippen molar-refractivity contribution in [3.63, 3.8) is 0 Å². The maximum absolute atomic E-state index is 11.1. The van der Waals surface area contributed by atoms with E-state index in [4.69, 9.17) is 5.73 Å². The number of carbonyl (C=O) groups is 1. The number of nitrogens with two attached hydrogens (primary N) is 1. The highest BCUT2D eigenvalue weighted by molar-refractivity contribution is 5.93. The van der Waals surface area contributed by atoms with Gasteiger partial charge in [0.2, 0.25) is 5.91 Å². The minimum Gasteiger partial charge on any atom is -0.366 e. The fraction of sp³-hybridized carbons (Fsp3) is 0.154. The Labute approximate surface area is 99.4 Å². The lowest BCUT2D eigenvalue weighted by atomic mass is 10.1. The van der Waals surface area contributed by atoms with Gasteiger partial charge in [0, 0.05) is 18.3 Å². The number of nitrogens with one attached hydrogen (secondary N) is 1. The normalized spacial score (nSPS) is 17.2. The van der Waals surface area contributed by atoms with Crippen molar-refractivity contribution in [2.75, 3.05) is 11.6 Å². The van der Waals surface area contributed by atoms with Gasteiger partial charge in [-0.3, -0.25) is 9.80 Å². The van der Waals surface area contributed by atoms with E-state index in [1.165, 1.54) is 11.1 Å². The Hall–Kier alpha value is -2.07. The molecule has 4 nitrogen and oxygen atoms in total. The van der Waals surface area contributed by atoms with Crippen LogP contribution in [0.1, 0.15) is 11.1 Å². The van der Waals surface area contributed by atoms with Crippen molar-refractivity contribution >= 4 is 17.7 Å². The van der Waals surface area contributed by atoms with E-state index in [9.17, 15) is 4.79 Å². The topological polar surface area (TPSA) is 58.4 Å². The van der Waals surface area contributed by atoms with E-state index >= 15 is 0 Å². The van der Waals surface area contributed by atoms with Crippen molar-refractivity contribution in [3.05, 3.63) is 47.2 Å². The number of amides is 1. The van der Waals surface area contributed by atoms with Crippen LogP contribution in [0.4, 0.5) is 5.69 Å². The van der Waals surface area contributed by atoms with Gasteiger partial charge < -0.3 is 5.73 Å². The summed E-state index contributed by atoms with van der Waals surface area (Å²) < 4.78 is 0. The molecule has 0 radical (unpaired) electrons. The quantitative estimate of drug-likeness (QED) is 0.791. The molecule has 4 heteroatoms. The zero-order chi connectivity index (χ0) is 11.8. The van der Waals surface area contributed by atoms with Crippen LogP contribution in [0.5, 0.6) is 0 Å². The smallest absolute Gasteiger partial charge is 0.247 e. The molecule has 1 aromatic rings. The largest absolute Gasteiger partial charge is 0.366 e. The Morgan fingerprint density at radius 3 is 3.06 bits per heavy atom. The maximum Gasteiger partial charge on any atom is 0.247 e. The second kappa shape index (κ2) is 3.75. The first-order valence-electron chi connectivity index (χ1n) is 5.57. The van der Waals surface area contributed by atoms with E-state index in [1.807, 2.05) is 17.1 Å². The van der Waals surface area contributed by atoms with E-state index < -0.39 is 0 Å². The number of hydrazine groups is 1. The van der Waals surface area contributed by atoms with Gasteiger partial charge in [-0.15, -0.1) is 0 Å². The molecule has 1 aromatic carbocycles. The molecule has 3 N–H and O–H groups in total. The molecule has 0 fully saturated rings. The average molecular weight is 227 g/mol. The SMILES string of the molecule is NC(=O)C1=CN(c2cccc3c2C=CC3)NC1. The summed E-state index contributed by atoms with van der Waals surface area (Å²) in [4.78, 5) is 11.1. The molecule has 86 valence electrons. The van der Waals surface area contributed by atoms with Crippen LogP contribution in [-0.4, -0.2) is 12.5 Å². The molecule has 2 aliphatic rings. The van der Waals surface area contributed by atoms with Crippen molar-refractivity contribution in [1.82, 2.24) is 5.43 Å². The molecule has 1 amide bonds. The van der Waals surface area contributed by atoms with E-state index in [1.54, 1.807) is 6.20 Å². The Morgan fingerprint density at radius 2 is 2.29 bits per heavy atom. The molecule has 0 bridgehead atoms. The van der Waals surface area contributed by atoms with Gasteiger partial charge in [-0.25, -0.2) is 5.43 Å². The Kier molecular flexibility index (Phi) is 2.23. The summed E-state index contributed by atoms with van der Waals surface area (Å²) in [5.41, 5.74) is 12.6. The molecular formula is C13H13N3O. The predicted molar refractivity (Wildman–Crippen MR) is 66.9 cm³/mol. The maximum atomic E-state index is 11.1. The van der Waals surface area contributed by atoms with Gasteiger partial charge >= 0.3 is 0 Å². The van der Waals surface area contributed by atoms with Crippen LogP contribution in [0.15, 0.2) is 36.0 Å². The molecule has 17 heavy (non-hydrogen) atoms. The van der Waals surface area contributed by atoms with Crippen LogP contribution in [0.25, 0.3) is 6.08 Å². The third kappa shape index (κ3) is 1.62. The van der Waals surface area contributed by atoms with Gasteiger partial charge in [0.15, 0.2) is 0 Å². The summed E-state index contributed by atoms with van der Waals surface area (Å²) in [5, 5.41) is 1.87. The Morgan fingerprint density at radius 1 is 1.41 bits per heavy atom. The first-order chi connectivity index (χ1) is 8.25. The van der Waals surface area contributed by atoms with Crippen LogP contribution in [-0.2, 0) is 11.2 Å². The Bertz CT molecular complexity index is 546. The van der Waals surface area contributed by atoms with Crippen LogP contribution in [0, 0.1) is 0 Å². The number of benzene rings is 1. The molecule has 3 rings (SSSR count). The van der Waals surface area contributed by atoms with Crippen molar-refractivity contribution in [1.29, 1.82) is 0 Å². The number of hydrogen-bond acceptors (Lipinski definition) is 3. The first-order valence-corrected chi connectivity index (χ1v) is 5.57. The standard InChI is InChI=1S/C13H13N3O/c14-13(17)10-7-15-16(8-10)12-6-2-4-9-3-1-5-11(9)12/h1-2,4-6,8,15H,3,7H2,(H2,14,17). The average Bonchev–Trinajstić information content (AvgIpc) is 2.97. The van der Waals surface area contributed by atoms with Crippen molar-refractivity contribution in [3.8, 4) is 0 Å². The second-order valence-electron chi connectivity index (χ2n) is 4.18. The van der Waals surface area contributed by atoms with Gasteiger partial charge in [0.25, 0.3) is 0 Å². The number of fused-ring (bicyclic) bond motifs is 1. The zero-order valence-corrected chi connectivity index (χ0v) is 9.31. The van der Waals surface area contributed by atoms with E-state index in [2.05, 4.69) is 23.6 Å². The molecule has 1 heterocycles. The summed E-state index contributed by atoms with van der Waals surface area (Å²) in [5.74, 6) is -0.372.